The standard InChI is InChI=1S/C9H10N2S.C4H4O4/c1-2-12-9-10-7-5-3-4-6-8(7)11-9;5-3(6)1-2-4(7)8/h3-6H,2H2,1H3,(H,10,11);1-2H,(H,5,6)(H,7,8)/b;2-1+. The van der Waals surface area contributed by atoms with Crippen molar-refractivity contribution in [1.29, 1.82) is 0 Å². The number of nitrogens with zero attached hydrogens (tertiary/aromatic N) is 1. The number of aliphatic carboxylic acids is 2. The van der Waals surface area contributed by atoms with E-state index in [0.29, 0.717) is 12.2 Å². The van der Waals surface area contributed by atoms with Crippen molar-refractivity contribution >= 4 is 34.7 Å². The summed E-state index contributed by atoms with van der Waals surface area (Å²) in [5.74, 6) is -1.46. The predicted molar refractivity (Wildman–Crippen MR) is 76.9 cm³/mol. The number of para-hydroxylation sites is 2. The Labute approximate surface area is 119 Å². The van der Waals surface area contributed by atoms with Gasteiger partial charge in [-0.3, -0.25) is 0 Å². The van der Waals surface area contributed by atoms with Crippen LogP contribution >= 0.6 is 11.8 Å². The maximum atomic E-state index is 9.55. The summed E-state index contributed by atoms with van der Waals surface area (Å²) in [6, 6.07) is 8.08. The minimum absolute atomic E-state index is 0.558. The molecular formula is C13H14N2O4S. The average Bonchev–Trinajstić information content (AvgIpc) is 2.80. The number of aromatic nitrogens is 2. The molecule has 0 aliphatic carbocycles. The molecule has 0 saturated carbocycles. The molecule has 2 aromatic rings. The molecule has 0 bridgehead atoms. The zero-order chi connectivity index (χ0) is 15.0. The van der Waals surface area contributed by atoms with Crippen LogP contribution in [0, 0.1) is 0 Å². The normalized spacial score (nSPS) is 10.2. The maximum absolute atomic E-state index is 9.55. The fraction of sp³-hybridized carbons (Fsp3) is 0.154. The summed E-state index contributed by atoms with van der Waals surface area (Å²) in [5, 5.41) is 16.6. The van der Waals surface area contributed by atoms with Crippen LogP contribution in [-0.4, -0.2) is 37.9 Å². The van der Waals surface area contributed by atoms with Crippen molar-refractivity contribution in [2.24, 2.45) is 0 Å². The van der Waals surface area contributed by atoms with Gasteiger partial charge in [0.1, 0.15) is 0 Å². The molecule has 0 atom stereocenters. The van der Waals surface area contributed by atoms with E-state index < -0.39 is 11.9 Å². The van der Waals surface area contributed by atoms with Crippen molar-refractivity contribution < 1.29 is 19.8 Å². The van der Waals surface area contributed by atoms with Gasteiger partial charge >= 0.3 is 11.9 Å². The van der Waals surface area contributed by atoms with Crippen LogP contribution in [0.5, 0.6) is 0 Å². The molecular weight excluding hydrogens is 280 g/mol. The molecule has 0 amide bonds. The number of H-pyrrole nitrogens is 1. The number of carboxylic acid groups (broad SMARTS) is 2. The van der Waals surface area contributed by atoms with Crippen molar-refractivity contribution in [3.63, 3.8) is 0 Å². The number of fused-ring (bicyclic) bond motifs is 1. The van der Waals surface area contributed by atoms with E-state index in [1.807, 2.05) is 24.3 Å². The van der Waals surface area contributed by atoms with Gasteiger partial charge in [0.25, 0.3) is 0 Å². The lowest BCUT2D eigenvalue weighted by molar-refractivity contribution is -0.134. The fourth-order valence-corrected chi connectivity index (χ4v) is 1.90. The molecule has 0 saturated heterocycles. The van der Waals surface area contributed by atoms with E-state index in [1.54, 1.807) is 11.8 Å². The Morgan fingerprint density at radius 2 is 1.85 bits per heavy atom. The first kappa shape index (κ1) is 15.8. The first-order chi connectivity index (χ1) is 9.52. The SMILES string of the molecule is CCSc1nc2ccccc2[nH]1.O=C(O)/C=C/C(=O)O. The first-order valence-corrected chi connectivity index (χ1v) is 6.73. The summed E-state index contributed by atoms with van der Waals surface area (Å²) in [6.45, 7) is 2.12. The van der Waals surface area contributed by atoms with E-state index >= 15 is 0 Å². The van der Waals surface area contributed by atoms with Crippen molar-refractivity contribution in [2.75, 3.05) is 5.75 Å². The number of carbonyl (C=O) groups is 2. The smallest absolute Gasteiger partial charge is 0.328 e. The molecule has 2 rings (SSSR count). The molecule has 0 radical (unpaired) electrons. The van der Waals surface area contributed by atoms with Gasteiger partial charge in [-0.2, -0.15) is 0 Å². The Morgan fingerprint density at radius 3 is 2.35 bits per heavy atom. The van der Waals surface area contributed by atoms with Crippen molar-refractivity contribution in [3.05, 3.63) is 36.4 Å². The Kier molecular flexibility index (Phi) is 6.31. The molecule has 0 spiro atoms. The molecule has 1 heterocycles. The van der Waals surface area contributed by atoms with Crippen LogP contribution in [-0.2, 0) is 9.59 Å². The van der Waals surface area contributed by atoms with Crippen LogP contribution in [0.25, 0.3) is 11.0 Å². The number of imidazole rings is 1. The van der Waals surface area contributed by atoms with Gasteiger partial charge in [0.05, 0.1) is 11.0 Å². The minimum Gasteiger partial charge on any atom is -0.478 e. The van der Waals surface area contributed by atoms with E-state index in [2.05, 4.69) is 16.9 Å². The van der Waals surface area contributed by atoms with E-state index in [4.69, 9.17) is 10.2 Å². The average molecular weight is 294 g/mol. The van der Waals surface area contributed by atoms with E-state index in [0.717, 1.165) is 21.9 Å². The van der Waals surface area contributed by atoms with Gasteiger partial charge in [0.15, 0.2) is 5.16 Å². The predicted octanol–water partition coefficient (Wildman–Crippen LogP) is 2.39. The molecule has 0 unspecified atom stereocenters. The number of aromatic amines is 1. The quantitative estimate of drug-likeness (QED) is 0.591. The van der Waals surface area contributed by atoms with Crippen molar-refractivity contribution in [3.8, 4) is 0 Å². The van der Waals surface area contributed by atoms with Gasteiger partial charge < -0.3 is 15.2 Å². The van der Waals surface area contributed by atoms with Crippen LogP contribution in [0.1, 0.15) is 6.92 Å². The summed E-state index contributed by atoms with van der Waals surface area (Å²) in [7, 11) is 0. The number of nitrogens with one attached hydrogen (secondary N) is 1. The largest absolute Gasteiger partial charge is 0.478 e. The van der Waals surface area contributed by atoms with E-state index in [9.17, 15) is 9.59 Å². The first-order valence-electron chi connectivity index (χ1n) is 5.74. The van der Waals surface area contributed by atoms with Gasteiger partial charge in [-0.25, -0.2) is 14.6 Å². The van der Waals surface area contributed by atoms with Crippen LogP contribution in [0.15, 0.2) is 41.6 Å². The number of rotatable bonds is 4. The second-order valence-electron chi connectivity index (χ2n) is 3.50. The fourth-order valence-electron chi connectivity index (χ4n) is 1.28. The van der Waals surface area contributed by atoms with Gasteiger partial charge in [0.2, 0.25) is 0 Å². The van der Waals surface area contributed by atoms with Gasteiger partial charge in [0, 0.05) is 12.2 Å². The number of thioether (sulfide) groups is 1. The molecule has 0 aliphatic heterocycles. The molecule has 106 valence electrons. The Balaban J connectivity index is 0.000000221. The number of hydrogen-bond donors (Lipinski definition) is 3. The summed E-state index contributed by atoms with van der Waals surface area (Å²) >= 11 is 1.73. The molecule has 6 nitrogen and oxygen atoms in total. The Bertz CT molecular complexity index is 573. The Morgan fingerprint density at radius 1 is 1.25 bits per heavy atom. The second kappa shape index (κ2) is 8.00. The topological polar surface area (TPSA) is 103 Å². The highest BCUT2D eigenvalue weighted by molar-refractivity contribution is 7.99. The Hall–Kier alpha value is -2.28. The van der Waals surface area contributed by atoms with Crippen molar-refractivity contribution in [1.82, 2.24) is 9.97 Å². The summed E-state index contributed by atoms with van der Waals surface area (Å²) in [4.78, 5) is 26.8. The number of carboxylic acids is 2. The van der Waals surface area contributed by atoms with E-state index in [1.165, 1.54) is 0 Å². The molecule has 0 fully saturated rings. The van der Waals surface area contributed by atoms with Crippen LogP contribution in [0.2, 0.25) is 0 Å². The third-order valence-corrected chi connectivity index (χ3v) is 2.77. The third kappa shape index (κ3) is 5.57. The monoisotopic (exact) mass is 294 g/mol. The molecule has 3 N–H and O–H groups in total. The van der Waals surface area contributed by atoms with Gasteiger partial charge in [-0.1, -0.05) is 30.8 Å². The lowest BCUT2D eigenvalue weighted by Gasteiger charge is -1.86. The molecule has 1 aromatic heterocycles. The summed E-state index contributed by atoms with van der Waals surface area (Å²) < 4.78 is 0. The zero-order valence-corrected chi connectivity index (χ0v) is 11.6. The minimum atomic E-state index is -1.26. The summed E-state index contributed by atoms with van der Waals surface area (Å²) in [6.07, 6.45) is 1.12. The maximum Gasteiger partial charge on any atom is 0.328 e. The molecule has 1 aromatic carbocycles. The molecule has 0 aliphatic rings. The van der Waals surface area contributed by atoms with Crippen LogP contribution in [0.4, 0.5) is 0 Å². The van der Waals surface area contributed by atoms with Gasteiger partial charge in [-0.15, -0.1) is 0 Å². The van der Waals surface area contributed by atoms with Crippen molar-refractivity contribution in [2.45, 2.75) is 12.1 Å². The van der Waals surface area contributed by atoms with Gasteiger partial charge in [-0.05, 0) is 17.9 Å². The molecule has 7 heteroatoms. The third-order valence-electron chi connectivity index (χ3n) is 2.02. The zero-order valence-electron chi connectivity index (χ0n) is 10.7. The van der Waals surface area contributed by atoms with Crippen LogP contribution in [0.3, 0.4) is 0 Å². The highest BCUT2D eigenvalue weighted by Crippen LogP contribution is 2.18. The summed E-state index contributed by atoms with van der Waals surface area (Å²) in [5.41, 5.74) is 2.17. The lowest BCUT2D eigenvalue weighted by atomic mass is 10.3. The highest BCUT2D eigenvalue weighted by Gasteiger charge is 1.99. The second-order valence-corrected chi connectivity index (χ2v) is 4.75. The lowest BCUT2D eigenvalue weighted by Crippen LogP contribution is -1.91. The number of hydrogen-bond acceptors (Lipinski definition) is 4. The number of benzene rings is 1. The molecule has 20 heavy (non-hydrogen) atoms. The van der Waals surface area contributed by atoms with E-state index in [-0.39, 0.29) is 0 Å². The highest BCUT2D eigenvalue weighted by atomic mass is 32.2. The van der Waals surface area contributed by atoms with Crippen LogP contribution < -0.4 is 0 Å².